The number of benzene rings is 1. The summed E-state index contributed by atoms with van der Waals surface area (Å²) in [5, 5.41) is 5.49. The van der Waals surface area contributed by atoms with Crippen molar-refractivity contribution in [1.82, 2.24) is 10.3 Å². The molecule has 1 N–H and O–H groups in total. The molecule has 1 aromatic heterocycles. The lowest BCUT2D eigenvalue weighted by Crippen LogP contribution is -2.35. The Morgan fingerprint density at radius 3 is 2.50 bits per heavy atom. The first-order chi connectivity index (χ1) is 8.53. The van der Waals surface area contributed by atoms with Crippen LogP contribution in [0.4, 0.5) is 0 Å². The van der Waals surface area contributed by atoms with Gasteiger partial charge in [-0.1, -0.05) is 23.9 Å². The van der Waals surface area contributed by atoms with Gasteiger partial charge in [0.2, 0.25) is 0 Å². The van der Waals surface area contributed by atoms with E-state index in [1.807, 2.05) is 11.6 Å². The van der Waals surface area contributed by atoms with Crippen molar-refractivity contribution in [3.63, 3.8) is 0 Å². The van der Waals surface area contributed by atoms with Crippen LogP contribution in [0, 0.1) is 0 Å². The van der Waals surface area contributed by atoms with Crippen LogP contribution in [0.2, 0.25) is 0 Å². The third kappa shape index (κ3) is 4.44. The zero-order valence-corrected chi connectivity index (χ0v) is 12.6. The molecule has 0 aliphatic heterocycles. The second-order valence-electron chi connectivity index (χ2n) is 5.15. The van der Waals surface area contributed by atoms with E-state index in [9.17, 15) is 0 Å². The minimum atomic E-state index is 0.161. The molecule has 18 heavy (non-hydrogen) atoms. The minimum absolute atomic E-state index is 0.161. The van der Waals surface area contributed by atoms with Crippen LogP contribution in [0.3, 0.4) is 0 Å². The van der Waals surface area contributed by atoms with E-state index in [-0.39, 0.29) is 5.54 Å². The van der Waals surface area contributed by atoms with Gasteiger partial charge in [-0.3, -0.25) is 0 Å². The second-order valence-corrected chi connectivity index (χ2v) is 7.36. The lowest BCUT2D eigenvalue weighted by Gasteiger charge is -2.20. The van der Waals surface area contributed by atoms with E-state index in [1.165, 1.54) is 10.5 Å². The summed E-state index contributed by atoms with van der Waals surface area (Å²) in [4.78, 5) is 5.51. The maximum atomic E-state index is 4.27. The van der Waals surface area contributed by atoms with E-state index in [0.717, 1.165) is 10.9 Å². The summed E-state index contributed by atoms with van der Waals surface area (Å²) in [7, 11) is 0. The van der Waals surface area contributed by atoms with Gasteiger partial charge in [-0.15, -0.1) is 11.3 Å². The molecule has 1 aromatic carbocycles. The van der Waals surface area contributed by atoms with Crippen LogP contribution < -0.4 is 5.32 Å². The maximum absolute atomic E-state index is 4.27. The average Bonchev–Trinajstić information content (AvgIpc) is 2.80. The van der Waals surface area contributed by atoms with Crippen molar-refractivity contribution in [2.45, 2.75) is 42.1 Å². The van der Waals surface area contributed by atoms with Crippen LogP contribution in [-0.2, 0) is 6.54 Å². The van der Waals surface area contributed by atoms with E-state index >= 15 is 0 Å². The average molecular weight is 278 g/mol. The fourth-order valence-electron chi connectivity index (χ4n) is 1.40. The summed E-state index contributed by atoms with van der Waals surface area (Å²) in [5.74, 6) is 0. The molecule has 0 amide bonds. The standard InChI is InChI=1S/C14H18N2S2/c1-14(2,3)16-10-11-4-6-12(7-5-11)18-13-15-8-9-17-13/h4-9,16H,10H2,1-3H3. The number of aromatic nitrogens is 1. The van der Waals surface area contributed by atoms with Gasteiger partial charge >= 0.3 is 0 Å². The third-order valence-electron chi connectivity index (χ3n) is 2.36. The Kier molecular flexibility index (Phi) is 4.43. The molecular formula is C14H18N2S2. The molecule has 4 heteroatoms. The van der Waals surface area contributed by atoms with Crippen molar-refractivity contribution in [3.8, 4) is 0 Å². The van der Waals surface area contributed by atoms with E-state index in [4.69, 9.17) is 0 Å². The Balaban J connectivity index is 1.93. The SMILES string of the molecule is CC(C)(C)NCc1ccc(Sc2nccs2)cc1. The summed E-state index contributed by atoms with van der Waals surface area (Å²) >= 11 is 3.39. The van der Waals surface area contributed by atoms with E-state index < -0.39 is 0 Å². The summed E-state index contributed by atoms with van der Waals surface area (Å²) in [5.41, 5.74) is 1.47. The van der Waals surface area contributed by atoms with Crippen molar-refractivity contribution in [2.75, 3.05) is 0 Å². The molecule has 2 aromatic rings. The summed E-state index contributed by atoms with van der Waals surface area (Å²) in [6.07, 6.45) is 1.84. The molecule has 96 valence electrons. The molecule has 2 nitrogen and oxygen atoms in total. The summed E-state index contributed by atoms with van der Waals surface area (Å²) < 4.78 is 1.09. The zero-order chi connectivity index (χ0) is 13.0. The van der Waals surface area contributed by atoms with E-state index in [2.05, 4.69) is 55.3 Å². The highest BCUT2D eigenvalue weighted by molar-refractivity contribution is 8.01. The maximum Gasteiger partial charge on any atom is 0.154 e. The lowest BCUT2D eigenvalue weighted by molar-refractivity contribution is 0.424. The second kappa shape index (κ2) is 5.87. The predicted octanol–water partition coefficient (Wildman–Crippen LogP) is 4.18. The molecule has 0 spiro atoms. The van der Waals surface area contributed by atoms with Crippen molar-refractivity contribution in [3.05, 3.63) is 41.4 Å². The van der Waals surface area contributed by atoms with Crippen LogP contribution in [-0.4, -0.2) is 10.5 Å². The van der Waals surface area contributed by atoms with Gasteiger partial charge in [-0.25, -0.2) is 4.98 Å². The highest BCUT2D eigenvalue weighted by Crippen LogP contribution is 2.29. The van der Waals surface area contributed by atoms with Gasteiger partial charge < -0.3 is 5.32 Å². The van der Waals surface area contributed by atoms with Crippen LogP contribution in [0.5, 0.6) is 0 Å². The molecule has 0 bridgehead atoms. The molecule has 0 atom stereocenters. The van der Waals surface area contributed by atoms with Gasteiger partial charge in [0, 0.05) is 28.6 Å². The lowest BCUT2D eigenvalue weighted by atomic mass is 10.1. The first kappa shape index (κ1) is 13.6. The van der Waals surface area contributed by atoms with Crippen LogP contribution in [0.15, 0.2) is 45.1 Å². The van der Waals surface area contributed by atoms with Gasteiger partial charge in [0.05, 0.1) is 0 Å². The molecule has 1 heterocycles. The monoisotopic (exact) mass is 278 g/mol. The summed E-state index contributed by atoms with van der Waals surface area (Å²) in [6, 6.07) is 8.67. The molecule has 2 rings (SSSR count). The molecule has 0 aliphatic carbocycles. The van der Waals surface area contributed by atoms with E-state index in [1.54, 1.807) is 23.1 Å². The highest BCUT2D eigenvalue weighted by Gasteiger charge is 2.08. The van der Waals surface area contributed by atoms with Crippen molar-refractivity contribution in [1.29, 1.82) is 0 Å². The van der Waals surface area contributed by atoms with Crippen LogP contribution in [0.25, 0.3) is 0 Å². The normalized spacial score (nSPS) is 11.7. The van der Waals surface area contributed by atoms with Gasteiger partial charge in [0.1, 0.15) is 0 Å². The molecule has 0 saturated heterocycles. The smallest absolute Gasteiger partial charge is 0.154 e. The van der Waals surface area contributed by atoms with Crippen LogP contribution >= 0.6 is 23.1 Å². The molecule has 0 fully saturated rings. The zero-order valence-electron chi connectivity index (χ0n) is 10.9. The quantitative estimate of drug-likeness (QED) is 0.908. The Morgan fingerprint density at radius 1 is 1.22 bits per heavy atom. The first-order valence-electron chi connectivity index (χ1n) is 5.94. The minimum Gasteiger partial charge on any atom is -0.308 e. The Labute approximate surface area is 117 Å². The van der Waals surface area contributed by atoms with Crippen LogP contribution in [0.1, 0.15) is 26.3 Å². The number of nitrogens with zero attached hydrogens (tertiary/aromatic N) is 1. The van der Waals surface area contributed by atoms with Crippen molar-refractivity contribution >= 4 is 23.1 Å². The molecular weight excluding hydrogens is 260 g/mol. The number of hydrogen-bond donors (Lipinski definition) is 1. The Bertz CT molecular complexity index is 469. The van der Waals surface area contributed by atoms with E-state index in [0.29, 0.717) is 0 Å². The highest BCUT2D eigenvalue weighted by atomic mass is 32.2. The predicted molar refractivity (Wildman–Crippen MR) is 79.3 cm³/mol. The fraction of sp³-hybridized carbons (Fsp3) is 0.357. The molecule has 0 aliphatic rings. The number of nitrogens with one attached hydrogen (secondary N) is 1. The number of hydrogen-bond acceptors (Lipinski definition) is 4. The Hall–Kier alpha value is -0.840. The summed E-state index contributed by atoms with van der Waals surface area (Å²) in [6.45, 7) is 7.45. The third-order valence-corrected chi connectivity index (χ3v) is 4.25. The van der Waals surface area contributed by atoms with Crippen molar-refractivity contribution < 1.29 is 0 Å². The number of thiazole rings is 1. The van der Waals surface area contributed by atoms with Gasteiger partial charge in [-0.05, 0) is 38.5 Å². The fourth-order valence-corrected chi connectivity index (χ4v) is 3.00. The molecule has 0 unspecified atom stereocenters. The largest absolute Gasteiger partial charge is 0.308 e. The molecule has 0 radical (unpaired) electrons. The first-order valence-corrected chi connectivity index (χ1v) is 7.64. The topological polar surface area (TPSA) is 24.9 Å². The van der Waals surface area contributed by atoms with Gasteiger partial charge in [-0.2, -0.15) is 0 Å². The van der Waals surface area contributed by atoms with Crippen molar-refractivity contribution in [2.24, 2.45) is 0 Å². The Morgan fingerprint density at radius 2 is 1.94 bits per heavy atom. The molecule has 0 saturated carbocycles. The number of rotatable bonds is 4. The van der Waals surface area contributed by atoms with Gasteiger partial charge in [0.15, 0.2) is 4.34 Å². The van der Waals surface area contributed by atoms with Gasteiger partial charge in [0.25, 0.3) is 0 Å².